The van der Waals surface area contributed by atoms with E-state index in [-0.39, 0.29) is 43.9 Å². The fraction of sp³-hybridized carbons (Fsp3) is 0.833. The van der Waals surface area contributed by atoms with E-state index in [1.807, 2.05) is 67.6 Å². The number of rotatable bonds is 16. The van der Waals surface area contributed by atoms with E-state index < -0.39 is 151 Å². The number of cyclic esters (lactones) is 1. The van der Waals surface area contributed by atoms with Gasteiger partial charge in [-0.25, -0.2) is 4.79 Å². The van der Waals surface area contributed by atoms with Crippen LogP contribution in [0, 0.1) is 41.4 Å². The molecule has 4 aliphatic heterocycles. The number of likely N-dealkylation sites (N-methyl/N-ethyl adjacent to an activating group) is 1. The second-order valence-corrected chi connectivity index (χ2v) is 24.8. The van der Waals surface area contributed by atoms with Gasteiger partial charge in [0.15, 0.2) is 30.3 Å². The Morgan fingerprint density at radius 2 is 1.59 bits per heavy atom. The smallest absolute Gasteiger partial charge is 0.408 e. The molecular formula is C60H98N4O18. The van der Waals surface area contributed by atoms with Crippen LogP contribution in [-0.2, 0) is 77.7 Å². The molecule has 1 aromatic heterocycles. The van der Waals surface area contributed by atoms with Gasteiger partial charge in [-0.05, 0) is 97.7 Å². The van der Waals surface area contributed by atoms with Crippen molar-refractivity contribution in [2.75, 3.05) is 41.5 Å². The number of Topliss-reactive ketones (excluding diaryl/α,β-unsaturated/α-hetero) is 1. The van der Waals surface area contributed by atoms with Crippen molar-refractivity contribution in [3.05, 3.63) is 29.6 Å². The highest BCUT2D eigenvalue weighted by atomic mass is 16.7. The molecule has 23 atom stereocenters. The Morgan fingerprint density at radius 3 is 2.26 bits per heavy atom. The molecule has 0 radical (unpaired) electrons. The SMILES string of the molecule is CON=C1C[C@@H](C)O[C@@H](O[C@@H]2[C@@H](C)[C@H](O[C@H]3CC(C)N(C)C[C@H](C)O3)[C@@H](C)C(=O)O[C@H]([C@@H](C)CO[C@@H]3O[C@H](C)[C@@H](O)[C@@H](OC)[C@H]3OC)[C@H](C)[C@@H](OC(=O)CC(C)C)[C@@H](C)C(=O)[C@@](C)(OC(=O)NC3CCCc4ncccc43)C[C@@H]2C)[C@@H]1O. The van der Waals surface area contributed by atoms with Gasteiger partial charge in [0.05, 0.1) is 60.7 Å². The summed E-state index contributed by atoms with van der Waals surface area (Å²) >= 11 is 0. The van der Waals surface area contributed by atoms with Crippen molar-refractivity contribution in [1.82, 2.24) is 15.2 Å². The molecule has 0 aromatic carbocycles. The Balaban J connectivity index is 1.51. The molecule has 3 N–H and O–H groups in total. The maximum atomic E-state index is 16.0. The Hall–Kier alpha value is -3.94. The highest BCUT2D eigenvalue weighted by Crippen LogP contribution is 2.41. The predicted octanol–water partition coefficient (Wildman–Crippen LogP) is 6.48. The van der Waals surface area contributed by atoms with Crippen LogP contribution >= 0.6 is 0 Å². The Bertz CT molecular complexity index is 2280. The minimum atomic E-state index is -1.97. The molecular weight excluding hydrogens is 1060 g/mol. The zero-order valence-corrected chi connectivity index (χ0v) is 51.6. The highest BCUT2D eigenvalue weighted by Gasteiger charge is 2.53. The molecule has 6 rings (SSSR count). The monoisotopic (exact) mass is 1160 g/mol. The van der Waals surface area contributed by atoms with E-state index in [1.54, 1.807) is 40.8 Å². The van der Waals surface area contributed by atoms with Crippen LogP contribution in [0.5, 0.6) is 0 Å². The Morgan fingerprint density at radius 1 is 0.878 bits per heavy atom. The number of oxime groups is 1. The second kappa shape index (κ2) is 29.9. The van der Waals surface area contributed by atoms with Crippen molar-refractivity contribution < 1.29 is 86.3 Å². The fourth-order valence-corrected chi connectivity index (χ4v) is 12.9. The molecule has 4 saturated heterocycles. The zero-order valence-electron chi connectivity index (χ0n) is 51.6. The first-order chi connectivity index (χ1) is 38.7. The number of carbonyl (C=O) groups is 4. The summed E-state index contributed by atoms with van der Waals surface area (Å²) in [6.45, 7) is 24.0. The summed E-state index contributed by atoms with van der Waals surface area (Å²) in [5, 5.41) is 30.0. The number of fused-ring (bicyclic) bond motifs is 1. The van der Waals surface area contributed by atoms with E-state index in [1.165, 1.54) is 21.3 Å². The first-order valence-electron chi connectivity index (χ1n) is 29.7. The number of alkyl carbamates (subject to hydrolysis) is 1. The van der Waals surface area contributed by atoms with Crippen molar-refractivity contribution >= 4 is 29.5 Å². The van der Waals surface area contributed by atoms with Crippen LogP contribution in [0.2, 0.25) is 0 Å². The number of aromatic nitrogens is 1. The summed E-state index contributed by atoms with van der Waals surface area (Å²) in [7, 11) is 6.32. The number of nitrogens with one attached hydrogen (secondary N) is 1. The van der Waals surface area contributed by atoms with Gasteiger partial charge < -0.3 is 77.4 Å². The molecule has 5 aliphatic rings. The number of esters is 2. The van der Waals surface area contributed by atoms with Gasteiger partial charge in [0, 0.05) is 75.7 Å². The maximum Gasteiger partial charge on any atom is 0.408 e. The second-order valence-electron chi connectivity index (χ2n) is 24.8. The van der Waals surface area contributed by atoms with Crippen LogP contribution < -0.4 is 5.32 Å². The normalized spacial score (nSPS) is 40.2. The summed E-state index contributed by atoms with van der Waals surface area (Å²) in [6.07, 6.45) is -9.71. The number of hydrogen-bond donors (Lipinski definition) is 3. The number of aliphatic hydroxyl groups excluding tert-OH is 2. The fourth-order valence-electron chi connectivity index (χ4n) is 12.9. The summed E-state index contributed by atoms with van der Waals surface area (Å²) in [4.78, 5) is 72.2. The van der Waals surface area contributed by atoms with E-state index in [9.17, 15) is 19.8 Å². The van der Waals surface area contributed by atoms with E-state index in [0.717, 1.165) is 24.1 Å². The van der Waals surface area contributed by atoms with Crippen LogP contribution in [0.25, 0.3) is 0 Å². The summed E-state index contributed by atoms with van der Waals surface area (Å²) in [6, 6.07) is 3.28. The minimum absolute atomic E-state index is 0.00797. The average molecular weight is 1160 g/mol. The largest absolute Gasteiger partial charge is 0.461 e. The summed E-state index contributed by atoms with van der Waals surface area (Å²) in [5.41, 5.74) is 0.0316. The first kappa shape index (κ1) is 67.2. The van der Waals surface area contributed by atoms with Crippen LogP contribution in [0.15, 0.2) is 23.5 Å². The number of methoxy groups -OCH3 is 2. The van der Waals surface area contributed by atoms with Gasteiger partial charge in [0.25, 0.3) is 0 Å². The number of carbonyl (C=O) groups excluding carboxylic acids is 4. The Labute approximate surface area is 485 Å². The lowest BCUT2D eigenvalue weighted by Crippen LogP contribution is -2.59. The molecule has 5 heterocycles. The number of amides is 1. The molecule has 1 aliphatic carbocycles. The van der Waals surface area contributed by atoms with Crippen molar-refractivity contribution in [3.8, 4) is 0 Å². The molecule has 0 spiro atoms. The number of ketones is 1. The van der Waals surface area contributed by atoms with Gasteiger partial charge in [-0.15, -0.1) is 0 Å². The maximum absolute atomic E-state index is 16.0. The lowest BCUT2D eigenvalue weighted by atomic mass is 9.74. The van der Waals surface area contributed by atoms with Crippen molar-refractivity contribution in [2.45, 2.75) is 239 Å². The number of pyridine rings is 1. The van der Waals surface area contributed by atoms with E-state index in [0.29, 0.717) is 25.1 Å². The zero-order chi connectivity index (χ0) is 60.5. The van der Waals surface area contributed by atoms with Gasteiger partial charge in [0.2, 0.25) is 0 Å². The Kier molecular flexibility index (Phi) is 24.5. The molecule has 0 bridgehead atoms. The molecule has 0 saturated carbocycles. The lowest BCUT2D eigenvalue weighted by Gasteiger charge is -2.45. The third-order valence-corrected chi connectivity index (χ3v) is 17.4. The van der Waals surface area contributed by atoms with Gasteiger partial charge in [-0.2, -0.15) is 0 Å². The van der Waals surface area contributed by atoms with Crippen LogP contribution in [-0.4, -0.2) is 189 Å². The van der Waals surface area contributed by atoms with E-state index in [2.05, 4.69) is 27.3 Å². The molecule has 1 aromatic rings. The molecule has 2 unspecified atom stereocenters. The van der Waals surface area contributed by atoms with Crippen LogP contribution in [0.3, 0.4) is 0 Å². The van der Waals surface area contributed by atoms with Gasteiger partial charge >= 0.3 is 18.0 Å². The summed E-state index contributed by atoms with van der Waals surface area (Å²) < 4.78 is 70.9. The molecule has 1 amide bonds. The topological polar surface area (TPSA) is 260 Å². The lowest BCUT2D eigenvalue weighted by molar-refractivity contribution is -0.305. The number of aliphatic hydroxyl groups is 2. The van der Waals surface area contributed by atoms with Crippen LogP contribution in [0.4, 0.5) is 4.79 Å². The quantitative estimate of drug-likeness (QED) is 0.0909. The summed E-state index contributed by atoms with van der Waals surface area (Å²) in [5.74, 6) is -7.40. The van der Waals surface area contributed by atoms with Crippen LogP contribution in [0.1, 0.15) is 146 Å². The third kappa shape index (κ3) is 16.5. The van der Waals surface area contributed by atoms with Gasteiger partial charge in [0.1, 0.15) is 43.7 Å². The first-order valence-corrected chi connectivity index (χ1v) is 29.7. The number of aryl methyl sites for hydroxylation is 1. The highest BCUT2D eigenvalue weighted by molar-refractivity contribution is 5.92. The molecule has 4 fully saturated rings. The number of nitrogens with zero attached hydrogens (tertiary/aromatic N) is 3. The van der Waals surface area contributed by atoms with Gasteiger partial charge in [-0.3, -0.25) is 19.4 Å². The van der Waals surface area contributed by atoms with E-state index >= 15 is 9.59 Å². The minimum Gasteiger partial charge on any atom is -0.461 e. The number of ether oxygens (including phenoxy) is 11. The molecule has 22 heteroatoms. The third-order valence-electron chi connectivity index (χ3n) is 17.4. The molecule has 22 nitrogen and oxygen atoms in total. The van der Waals surface area contributed by atoms with Crippen molar-refractivity contribution in [1.29, 1.82) is 0 Å². The van der Waals surface area contributed by atoms with Crippen molar-refractivity contribution in [3.63, 3.8) is 0 Å². The van der Waals surface area contributed by atoms with E-state index in [4.69, 9.17) is 56.9 Å². The average Bonchev–Trinajstić information content (AvgIpc) is 3.24. The van der Waals surface area contributed by atoms with Gasteiger partial charge in [-0.1, -0.05) is 59.7 Å². The standard InChI is InChI=1S/C60H98N4O18/c1-30(2)24-45(65)78-51-37(9)50(32(4)29-74-58-54(72-16)53(71-15)47(66)40(12)77-58)80-56(69)39(11)52(79-46-25-33(5)64(14)28-35(7)75-46)36(8)49(81-57-48(67)44(63-73-17)26-34(6)76-57)31(3)27-60(13,55(68)38(51)10)82-59(70)62-43-22-18-21-42-41(43)20-19-23-61-42/h19-20,23,30-40,43,46-54,57-58,66-67H,18,21-22,24-29H2,1-17H3,(H,62,70)/t31-,32-,33?,34+,35-,36+,37-,38+,39+,40+,43?,46-,47+,48+,49-,50+,51+,52-,53+,54+,57-,58+,60-/m0/s1. The number of hydrogen-bond acceptors (Lipinski definition) is 21. The van der Waals surface area contributed by atoms with Crippen molar-refractivity contribution in [2.24, 2.45) is 46.6 Å². The predicted molar refractivity (Wildman–Crippen MR) is 300 cm³/mol. The molecule has 466 valence electrons. The molecule has 82 heavy (non-hydrogen) atoms.